The third kappa shape index (κ3) is 6.76. The van der Waals surface area contributed by atoms with E-state index in [0.29, 0.717) is 37.2 Å². The van der Waals surface area contributed by atoms with Crippen molar-refractivity contribution in [3.63, 3.8) is 0 Å². The minimum absolute atomic E-state index is 0.163. The number of likely N-dealkylation sites (tertiary alicyclic amines) is 1. The van der Waals surface area contributed by atoms with Crippen molar-refractivity contribution in [2.75, 3.05) is 18.4 Å². The number of nitrogens with zero attached hydrogens (tertiary/aromatic N) is 1. The number of anilines is 1. The smallest absolute Gasteiger partial charge is 0.321 e. The van der Waals surface area contributed by atoms with E-state index in [9.17, 15) is 23.2 Å². The maximum absolute atomic E-state index is 13.5. The number of piperidine rings is 1. The number of halogens is 2. The van der Waals surface area contributed by atoms with Crippen LogP contribution >= 0.6 is 0 Å². The van der Waals surface area contributed by atoms with E-state index < -0.39 is 17.7 Å². The van der Waals surface area contributed by atoms with Crippen LogP contribution in [0.4, 0.5) is 19.3 Å². The number of carbonyl (C=O) groups is 3. The summed E-state index contributed by atoms with van der Waals surface area (Å²) < 4.78 is 26.8. The van der Waals surface area contributed by atoms with Gasteiger partial charge in [-0.05, 0) is 48.7 Å². The van der Waals surface area contributed by atoms with E-state index in [1.807, 2.05) is 0 Å². The molecule has 1 aliphatic rings. The Kier molecular flexibility index (Phi) is 7.75. The van der Waals surface area contributed by atoms with Crippen molar-refractivity contribution in [1.82, 2.24) is 15.5 Å². The molecule has 1 atom stereocenters. The highest BCUT2D eigenvalue weighted by Crippen LogP contribution is 2.15. The summed E-state index contributed by atoms with van der Waals surface area (Å²) in [6, 6.07) is 10.2. The Hall–Kier alpha value is -3.49. The van der Waals surface area contributed by atoms with Crippen molar-refractivity contribution in [3.8, 4) is 0 Å². The van der Waals surface area contributed by atoms with Crippen LogP contribution in [0, 0.1) is 11.6 Å². The summed E-state index contributed by atoms with van der Waals surface area (Å²) >= 11 is 0. The third-order valence-corrected chi connectivity index (χ3v) is 5.23. The summed E-state index contributed by atoms with van der Waals surface area (Å²) in [5, 5.41) is 8.20. The van der Waals surface area contributed by atoms with Gasteiger partial charge in [0.2, 0.25) is 11.8 Å². The Morgan fingerprint density at radius 1 is 1.03 bits per heavy atom. The zero-order valence-electron chi connectivity index (χ0n) is 17.7. The fraction of sp³-hybridized carbons (Fsp3) is 0.348. The summed E-state index contributed by atoms with van der Waals surface area (Å²) in [4.78, 5) is 38.3. The van der Waals surface area contributed by atoms with Crippen LogP contribution in [0.2, 0.25) is 0 Å². The Balaban J connectivity index is 1.52. The van der Waals surface area contributed by atoms with Gasteiger partial charge >= 0.3 is 6.03 Å². The van der Waals surface area contributed by atoms with Crippen LogP contribution in [0.5, 0.6) is 0 Å². The first-order valence-corrected chi connectivity index (χ1v) is 10.4. The molecule has 0 radical (unpaired) electrons. The molecule has 2 aromatic rings. The van der Waals surface area contributed by atoms with E-state index in [4.69, 9.17) is 0 Å². The molecule has 1 unspecified atom stereocenters. The molecular formula is C23H26F2N4O3. The number of hydrogen-bond donors (Lipinski definition) is 3. The molecule has 1 heterocycles. The molecule has 4 amide bonds. The van der Waals surface area contributed by atoms with E-state index >= 15 is 0 Å². The molecule has 3 rings (SSSR count). The quantitative estimate of drug-likeness (QED) is 0.640. The fourth-order valence-electron chi connectivity index (χ4n) is 3.65. The van der Waals surface area contributed by atoms with E-state index in [0.717, 1.165) is 0 Å². The predicted octanol–water partition coefficient (Wildman–Crippen LogP) is 2.82. The number of urea groups is 1. The zero-order chi connectivity index (χ0) is 23.1. The number of benzene rings is 2. The molecule has 32 heavy (non-hydrogen) atoms. The first kappa shape index (κ1) is 23.2. The molecule has 170 valence electrons. The SMILES string of the molecule is CC(=O)NC(Cc1cccc(F)c1)C(=O)NC1CCN(C(=O)Nc2cccc(F)c2)CC1. The molecule has 1 saturated heterocycles. The van der Waals surface area contributed by atoms with Crippen LogP contribution < -0.4 is 16.0 Å². The van der Waals surface area contributed by atoms with Gasteiger partial charge in [0, 0.05) is 38.2 Å². The predicted molar refractivity (Wildman–Crippen MR) is 116 cm³/mol. The topological polar surface area (TPSA) is 90.5 Å². The van der Waals surface area contributed by atoms with Crippen LogP contribution in [-0.4, -0.2) is 47.9 Å². The minimum Gasteiger partial charge on any atom is -0.351 e. The van der Waals surface area contributed by atoms with Gasteiger partial charge in [-0.2, -0.15) is 0 Å². The summed E-state index contributed by atoms with van der Waals surface area (Å²) in [5.74, 6) is -1.55. The third-order valence-electron chi connectivity index (χ3n) is 5.23. The second-order valence-electron chi connectivity index (χ2n) is 7.80. The van der Waals surface area contributed by atoms with E-state index in [1.165, 1.54) is 37.3 Å². The first-order valence-electron chi connectivity index (χ1n) is 10.4. The maximum atomic E-state index is 13.5. The van der Waals surface area contributed by atoms with Gasteiger partial charge in [0.1, 0.15) is 17.7 Å². The highest BCUT2D eigenvalue weighted by molar-refractivity contribution is 5.89. The van der Waals surface area contributed by atoms with Crippen molar-refractivity contribution in [1.29, 1.82) is 0 Å². The molecule has 1 fully saturated rings. The first-order chi connectivity index (χ1) is 15.3. The molecular weight excluding hydrogens is 418 g/mol. The monoisotopic (exact) mass is 444 g/mol. The number of hydrogen-bond acceptors (Lipinski definition) is 3. The average molecular weight is 444 g/mol. The van der Waals surface area contributed by atoms with Gasteiger partial charge in [-0.25, -0.2) is 13.6 Å². The Morgan fingerprint density at radius 2 is 1.69 bits per heavy atom. The van der Waals surface area contributed by atoms with Crippen LogP contribution in [0.15, 0.2) is 48.5 Å². The lowest BCUT2D eigenvalue weighted by Crippen LogP contribution is -2.53. The fourth-order valence-corrected chi connectivity index (χ4v) is 3.65. The lowest BCUT2D eigenvalue weighted by Gasteiger charge is -2.33. The average Bonchev–Trinajstić information content (AvgIpc) is 2.73. The van der Waals surface area contributed by atoms with Crippen LogP contribution in [-0.2, 0) is 16.0 Å². The molecule has 0 aliphatic carbocycles. The second-order valence-corrected chi connectivity index (χ2v) is 7.80. The van der Waals surface area contributed by atoms with Gasteiger partial charge in [0.15, 0.2) is 0 Å². The van der Waals surface area contributed by atoms with Crippen LogP contribution in [0.3, 0.4) is 0 Å². The Bertz CT molecular complexity index is 977. The van der Waals surface area contributed by atoms with Crippen LogP contribution in [0.1, 0.15) is 25.3 Å². The summed E-state index contributed by atoms with van der Waals surface area (Å²) in [6.45, 7) is 2.16. The van der Waals surface area contributed by atoms with Gasteiger partial charge in [0.25, 0.3) is 0 Å². The maximum Gasteiger partial charge on any atom is 0.321 e. The highest BCUT2D eigenvalue weighted by atomic mass is 19.1. The molecule has 3 N–H and O–H groups in total. The number of rotatable bonds is 6. The summed E-state index contributed by atoms with van der Waals surface area (Å²) in [5.41, 5.74) is 0.976. The molecule has 2 aromatic carbocycles. The number of nitrogens with one attached hydrogen (secondary N) is 3. The molecule has 7 nitrogen and oxygen atoms in total. The van der Waals surface area contributed by atoms with Crippen molar-refractivity contribution in [2.24, 2.45) is 0 Å². The van der Waals surface area contributed by atoms with Crippen molar-refractivity contribution in [2.45, 2.75) is 38.3 Å². The minimum atomic E-state index is -0.830. The second kappa shape index (κ2) is 10.7. The Morgan fingerprint density at radius 3 is 2.31 bits per heavy atom. The molecule has 0 saturated carbocycles. The summed E-state index contributed by atoms with van der Waals surface area (Å²) in [7, 11) is 0. The largest absolute Gasteiger partial charge is 0.351 e. The van der Waals surface area contributed by atoms with Crippen molar-refractivity contribution < 1.29 is 23.2 Å². The lowest BCUT2D eigenvalue weighted by molar-refractivity contribution is -0.128. The molecule has 1 aliphatic heterocycles. The molecule has 0 aromatic heterocycles. The van der Waals surface area contributed by atoms with Gasteiger partial charge in [-0.15, -0.1) is 0 Å². The number of carbonyl (C=O) groups excluding carboxylic acids is 3. The van der Waals surface area contributed by atoms with E-state index in [-0.39, 0.29) is 30.3 Å². The van der Waals surface area contributed by atoms with Gasteiger partial charge < -0.3 is 20.9 Å². The Labute approximate surface area is 185 Å². The van der Waals surface area contributed by atoms with E-state index in [2.05, 4.69) is 16.0 Å². The molecule has 0 spiro atoms. The zero-order valence-corrected chi connectivity index (χ0v) is 17.7. The standard InChI is InChI=1S/C23H26F2N4O3/c1-15(30)26-21(13-16-4-2-5-17(24)12-16)22(31)27-19-8-10-29(11-9-19)23(32)28-20-7-3-6-18(25)14-20/h2-7,12,14,19,21H,8-11,13H2,1H3,(H,26,30)(H,27,31)(H,28,32). The number of amides is 4. The van der Waals surface area contributed by atoms with Gasteiger partial charge in [0.05, 0.1) is 0 Å². The molecule has 9 heteroatoms. The lowest BCUT2D eigenvalue weighted by atomic mass is 10.0. The van der Waals surface area contributed by atoms with E-state index in [1.54, 1.807) is 23.1 Å². The van der Waals surface area contributed by atoms with Crippen molar-refractivity contribution in [3.05, 3.63) is 65.7 Å². The van der Waals surface area contributed by atoms with Crippen LogP contribution in [0.25, 0.3) is 0 Å². The van der Waals surface area contributed by atoms with Gasteiger partial charge in [-0.3, -0.25) is 9.59 Å². The van der Waals surface area contributed by atoms with Gasteiger partial charge in [-0.1, -0.05) is 18.2 Å². The molecule has 0 bridgehead atoms. The van der Waals surface area contributed by atoms with Crippen molar-refractivity contribution >= 4 is 23.5 Å². The summed E-state index contributed by atoms with van der Waals surface area (Å²) in [6.07, 6.45) is 1.24. The highest BCUT2D eigenvalue weighted by Gasteiger charge is 2.27. The normalized spacial score (nSPS) is 15.0.